The van der Waals surface area contributed by atoms with Crippen molar-refractivity contribution >= 4 is 11.9 Å². The lowest BCUT2D eigenvalue weighted by Gasteiger charge is -2.35. The molecule has 0 bridgehead atoms. The van der Waals surface area contributed by atoms with Crippen molar-refractivity contribution in [2.45, 2.75) is 6.36 Å². The van der Waals surface area contributed by atoms with Crippen LogP contribution in [0.15, 0.2) is 91.1 Å². The molecule has 0 unspecified atom stereocenters. The Morgan fingerprint density at radius 3 is 2.16 bits per heavy atom. The minimum atomic E-state index is -4.88. The number of halogens is 3. The smallest absolute Gasteiger partial charge is 0.457 e. The molecule has 1 fully saturated rings. The average molecular weight is 521 g/mol. The highest BCUT2D eigenvalue weighted by Gasteiger charge is 2.34. The highest BCUT2D eigenvalue weighted by Crippen LogP contribution is 2.28. The van der Waals surface area contributed by atoms with E-state index in [-0.39, 0.29) is 5.56 Å². The van der Waals surface area contributed by atoms with Crippen LogP contribution in [0.2, 0.25) is 0 Å². The lowest BCUT2D eigenvalue weighted by atomic mass is 10.1. The maximum atomic E-state index is 13.0. The first-order valence-electron chi connectivity index (χ1n) is 11.9. The number of alkyl halides is 3. The summed E-state index contributed by atoms with van der Waals surface area (Å²) in [6.45, 7) is 1.47. The number of anilines is 1. The van der Waals surface area contributed by atoms with Gasteiger partial charge in [-0.05, 0) is 54.6 Å². The molecule has 2 heterocycles. The zero-order chi connectivity index (χ0) is 26.5. The van der Waals surface area contributed by atoms with Crippen LogP contribution < -0.4 is 14.4 Å². The summed E-state index contributed by atoms with van der Waals surface area (Å²) in [4.78, 5) is 25.5. The average Bonchev–Trinajstić information content (AvgIpc) is 2.93. The molecule has 38 heavy (non-hydrogen) atoms. The van der Waals surface area contributed by atoms with Crippen molar-refractivity contribution < 1.29 is 27.4 Å². The Hall–Kier alpha value is -4.60. The number of rotatable bonds is 6. The topological polar surface area (TPSA) is 67.8 Å². The number of hydrogen-bond donors (Lipinski definition) is 0. The number of ether oxygens (including phenoxy) is 2. The van der Waals surface area contributed by atoms with Gasteiger partial charge in [-0.15, -0.1) is 13.2 Å². The quantitative estimate of drug-likeness (QED) is 0.320. The van der Waals surface area contributed by atoms with E-state index in [4.69, 9.17) is 4.74 Å². The monoisotopic (exact) mass is 520 g/mol. The molecule has 194 valence electrons. The minimum Gasteiger partial charge on any atom is -0.457 e. The van der Waals surface area contributed by atoms with E-state index in [9.17, 15) is 18.0 Å². The van der Waals surface area contributed by atoms with Gasteiger partial charge in [0.2, 0.25) is 5.95 Å². The normalized spacial score (nSPS) is 13.8. The summed E-state index contributed by atoms with van der Waals surface area (Å²) in [6, 6.07) is 24.3. The lowest BCUT2D eigenvalue weighted by molar-refractivity contribution is -0.274. The minimum absolute atomic E-state index is 0.129. The Kier molecular flexibility index (Phi) is 7.12. The van der Waals surface area contributed by atoms with Crippen molar-refractivity contribution in [3.63, 3.8) is 0 Å². The molecule has 1 amide bonds. The fourth-order valence-corrected chi connectivity index (χ4v) is 4.12. The van der Waals surface area contributed by atoms with Crippen LogP contribution in [0.1, 0.15) is 10.4 Å². The van der Waals surface area contributed by atoms with Crippen molar-refractivity contribution in [1.82, 2.24) is 14.9 Å². The Morgan fingerprint density at radius 2 is 1.45 bits per heavy atom. The molecule has 1 aliphatic rings. The van der Waals surface area contributed by atoms with Gasteiger partial charge in [-0.25, -0.2) is 9.97 Å². The van der Waals surface area contributed by atoms with E-state index < -0.39 is 18.0 Å². The maximum Gasteiger partial charge on any atom is 0.573 e. The molecule has 0 atom stereocenters. The number of carbonyl (C=O) groups excluding carboxylic acids is 1. The molecule has 0 N–H and O–H groups in total. The third-order valence-corrected chi connectivity index (χ3v) is 5.96. The van der Waals surface area contributed by atoms with E-state index in [1.54, 1.807) is 6.20 Å². The number of benzene rings is 3. The molecule has 1 aliphatic heterocycles. The van der Waals surface area contributed by atoms with E-state index in [1.807, 2.05) is 65.6 Å². The summed E-state index contributed by atoms with van der Waals surface area (Å²) >= 11 is 0. The van der Waals surface area contributed by atoms with E-state index in [1.165, 1.54) is 23.1 Å². The molecule has 0 radical (unpaired) electrons. The predicted molar refractivity (Wildman–Crippen MR) is 135 cm³/mol. The first-order valence-corrected chi connectivity index (χ1v) is 11.9. The summed E-state index contributed by atoms with van der Waals surface area (Å²) in [7, 11) is 0. The molecule has 7 nitrogen and oxygen atoms in total. The fraction of sp³-hybridized carbons (Fsp3) is 0.179. The van der Waals surface area contributed by atoms with Crippen LogP contribution in [0.3, 0.4) is 0 Å². The summed E-state index contributed by atoms with van der Waals surface area (Å²) < 4.78 is 48.2. The highest BCUT2D eigenvalue weighted by atomic mass is 19.4. The molecule has 3 aromatic carbocycles. The second kappa shape index (κ2) is 10.8. The van der Waals surface area contributed by atoms with Crippen LogP contribution in [0.4, 0.5) is 19.1 Å². The molecule has 4 aromatic rings. The van der Waals surface area contributed by atoms with E-state index in [2.05, 4.69) is 14.7 Å². The SMILES string of the molecule is O=C(c1ccccc1OC(F)(F)F)N1CCN(c2nccc(-c3ccc(Oc4ccccc4)cc3)n2)CC1. The molecular formula is C28H23F3N4O3. The number of nitrogens with zero attached hydrogens (tertiary/aromatic N) is 4. The van der Waals surface area contributed by atoms with E-state index >= 15 is 0 Å². The van der Waals surface area contributed by atoms with Crippen LogP contribution in [0.25, 0.3) is 11.3 Å². The van der Waals surface area contributed by atoms with Gasteiger partial charge in [0, 0.05) is 37.9 Å². The Labute approximate surface area is 217 Å². The first kappa shape index (κ1) is 25.1. The van der Waals surface area contributed by atoms with Crippen molar-refractivity contribution in [2.24, 2.45) is 0 Å². The zero-order valence-corrected chi connectivity index (χ0v) is 20.1. The Balaban J connectivity index is 1.23. The highest BCUT2D eigenvalue weighted by molar-refractivity contribution is 5.97. The van der Waals surface area contributed by atoms with Crippen LogP contribution in [-0.2, 0) is 0 Å². The first-order chi connectivity index (χ1) is 18.4. The standard InChI is InChI=1S/C28H23F3N4O3/c29-28(30,31)38-25-9-5-4-8-23(25)26(36)34-16-18-35(19-17-34)27-32-15-14-24(33-27)20-10-12-22(13-11-20)37-21-6-2-1-3-7-21/h1-15H,16-19H2. The number of amides is 1. The van der Waals surface area contributed by atoms with Crippen molar-refractivity contribution in [3.8, 4) is 28.5 Å². The van der Waals surface area contributed by atoms with Gasteiger partial charge in [0.15, 0.2) is 0 Å². The number of piperazine rings is 1. The van der Waals surface area contributed by atoms with Gasteiger partial charge in [0.05, 0.1) is 11.3 Å². The number of hydrogen-bond acceptors (Lipinski definition) is 6. The Morgan fingerprint density at radius 1 is 0.789 bits per heavy atom. The number of carbonyl (C=O) groups is 1. The summed E-state index contributed by atoms with van der Waals surface area (Å²) in [5, 5.41) is 0. The molecule has 0 aliphatic carbocycles. The third-order valence-electron chi connectivity index (χ3n) is 5.96. The molecular weight excluding hydrogens is 497 g/mol. The van der Waals surface area contributed by atoms with Gasteiger partial charge in [-0.1, -0.05) is 30.3 Å². The Bertz CT molecular complexity index is 1390. The van der Waals surface area contributed by atoms with Crippen LogP contribution in [0, 0.1) is 0 Å². The van der Waals surface area contributed by atoms with Gasteiger partial charge < -0.3 is 19.3 Å². The predicted octanol–water partition coefficient (Wildman–Crippen LogP) is 5.80. The molecule has 10 heteroatoms. The molecule has 0 spiro atoms. The number of aromatic nitrogens is 2. The second-order valence-electron chi connectivity index (χ2n) is 8.50. The lowest BCUT2D eigenvalue weighted by Crippen LogP contribution is -2.49. The number of para-hydroxylation sites is 2. The maximum absolute atomic E-state index is 13.0. The van der Waals surface area contributed by atoms with E-state index in [0.29, 0.717) is 37.9 Å². The summed E-state index contributed by atoms with van der Waals surface area (Å²) in [6.07, 6.45) is -3.21. The molecule has 1 aromatic heterocycles. The van der Waals surface area contributed by atoms with Crippen molar-refractivity contribution in [2.75, 3.05) is 31.1 Å². The molecule has 0 saturated carbocycles. The summed E-state index contributed by atoms with van der Waals surface area (Å²) in [5.41, 5.74) is 1.50. The molecule has 1 saturated heterocycles. The summed E-state index contributed by atoms with van der Waals surface area (Å²) in [5.74, 6) is 0.941. The van der Waals surface area contributed by atoms with Crippen LogP contribution in [0.5, 0.6) is 17.2 Å². The van der Waals surface area contributed by atoms with Crippen LogP contribution >= 0.6 is 0 Å². The largest absolute Gasteiger partial charge is 0.573 e. The van der Waals surface area contributed by atoms with Gasteiger partial charge in [0.25, 0.3) is 5.91 Å². The van der Waals surface area contributed by atoms with Crippen molar-refractivity contribution in [3.05, 3.63) is 96.7 Å². The van der Waals surface area contributed by atoms with Gasteiger partial charge in [-0.2, -0.15) is 0 Å². The second-order valence-corrected chi connectivity index (χ2v) is 8.50. The van der Waals surface area contributed by atoms with Gasteiger partial charge in [0.1, 0.15) is 17.2 Å². The third kappa shape index (κ3) is 6.03. The van der Waals surface area contributed by atoms with Gasteiger partial charge in [-0.3, -0.25) is 4.79 Å². The molecule has 5 rings (SSSR count). The zero-order valence-electron chi connectivity index (χ0n) is 20.1. The van der Waals surface area contributed by atoms with Crippen molar-refractivity contribution in [1.29, 1.82) is 0 Å². The van der Waals surface area contributed by atoms with Crippen LogP contribution in [-0.4, -0.2) is 53.3 Å². The van der Waals surface area contributed by atoms with Gasteiger partial charge >= 0.3 is 6.36 Å². The fourth-order valence-electron chi connectivity index (χ4n) is 4.12. The van der Waals surface area contributed by atoms with E-state index in [0.717, 1.165) is 23.1 Å².